The number of carbonyl (C=O) groups excluding carboxylic acids is 1. The predicted octanol–water partition coefficient (Wildman–Crippen LogP) is 2.10. The Bertz CT molecular complexity index is 702. The number of methoxy groups -OCH3 is 1. The average Bonchev–Trinajstić information content (AvgIpc) is 2.56. The lowest BCUT2D eigenvalue weighted by Crippen LogP contribution is -2.25. The molecular formula is C16H16FN3O3. The average molecular weight is 317 g/mol. The normalized spacial score (nSPS) is 10.5. The molecule has 0 aromatic heterocycles. The van der Waals surface area contributed by atoms with Crippen molar-refractivity contribution in [3.8, 4) is 11.5 Å². The van der Waals surface area contributed by atoms with Crippen LogP contribution in [0, 0.1) is 5.82 Å². The van der Waals surface area contributed by atoms with Crippen LogP contribution < -0.4 is 15.5 Å². The molecule has 0 bridgehead atoms. The van der Waals surface area contributed by atoms with Gasteiger partial charge in [0.15, 0.2) is 11.5 Å². The number of phenols is 1. The van der Waals surface area contributed by atoms with E-state index in [0.717, 1.165) is 0 Å². The molecule has 23 heavy (non-hydrogen) atoms. The summed E-state index contributed by atoms with van der Waals surface area (Å²) in [7, 11) is 1.44. The van der Waals surface area contributed by atoms with Crippen LogP contribution in [0.25, 0.3) is 0 Å². The molecule has 3 N–H and O–H groups in total. The van der Waals surface area contributed by atoms with Crippen molar-refractivity contribution >= 4 is 17.8 Å². The number of hydrogen-bond donors (Lipinski definition) is 3. The maximum absolute atomic E-state index is 12.7. The van der Waals surface area contributed by atoms with Crippen LogP contribution in [0.2, 0.25) is 0 Å². The summed E-state index contributed by atoms with van der Waals surface area (Å²) in [5, 5.41) is 16.1. The highest BCUT2D eigenvalue weighted by Crippen LogP contribution is 2.25. The Balaban J connectivity index is 1.82. The van der Waals surface area contributed by atoms with Gasteiger partial charge >= 0.3 is 0 Å². The van der Waals surface area contributed by atoms with Crippen molar-refractivity contribution in [2.75, 3.05) is 19.0 Å². The number of anilines is 1. The molecule has 2 aromatic carbocycles. The lowest BCUT2D eigenvalue weighted by molar-refractivity contribution is -0.119. The van der Waals surface area contributed by atoms with E-state index in [-0.39, 0.29) is 24.0 Å². The molecule has 0 saturated heterocycles. The second-order valence-electron chi connectivity index (χ2n) is 4.58. The smallest absolute Gasteiger partial charge is 0.259 e. The van der Waals surface area contributed by atoms with E-state index >= 15 is 0 Å². The summed E-state index contributed by atoms with van der Waals surface area (Å²) in [6.07, 6.45) is 1.43. The number of amides is 1. The van der Waals surface area contributed by atoms with Crippen LogP contribution in [0.3, 0.4) is 0 Å². The minimum atomic E-state index is -0.351. The minimum Gasteiger partial charge on any atom is -0.504 e. The van der Waals surface area contributed by atoms with E-state index < -0.39 is 0 Å². The number of aromatic hydroxyl groups is 1. The summed E-state index contributed by atoms with van der Waals surface area (Å²) < 4.78 is 17.7. The van der Waals surface area contributed by atoms with E-state index in [1.807, 2.05) is 0 Å². The largest absolute Gasteiger partial charge is 0.504 e. The molecule has 6 nitrogen and oxygen atoms in total. The van der Waals surface area contributed by atoms with Gasteiger partial charge in [-0.1, -0.05) is 0 Å². The molecule has 120 valence electrons. The fraction of sp³-hybridized carbons (Fsp3) is 0.125. The van der Waals surface area contributed by atoms with E-state index in [1.54, 1.807) is 12.1 Å². The van der Waals surface area contributed by atoms with Crippen molar-refractivity contribution < 1.29 is 19.0 Å². The Labute approximate surface area is 132 Å². The molecule has 1 amide bonds. The number of nitrogens with zero attached hydrogens (tertiary/aromatic N) is 1. The van der Waals surface area contributed by atoms with Crippen molar-refractivity contribution in [2.24, 2.45) is 5.10 Å². The Morgan fingerprint density at radius 2 is 2.04 bits per heavy atom. The van der Waals surface area contributed by atoms with Crippen molar-refractivity contribution in [2.45, 2.75) is 0 Å². The first-order valence-electron chi connectivity index (χ1n) is 6.77. The Hall–Kier alpha value is -3.09. The van der Waals surface area contributed by atoms with Crippen LogP contribution in [-0.2, 0) is 4.79 Å². The van der Waals surface area contributed by atoms with E-state index in [0.29, 0.717) is 17.0 Å². The quantitative estimate of drug-likeness (QED) is 0.563. The predicted molar refractivity (Wildman–Crippen MR) is 85.3 cm³/mol. The van der Waals surface area contributed by atoms with Gasteiger partial charge in [-0.2, -0.15) is 5.10 Å². The summed E-state index contributed by atoms with van der Waals surface area (Å²) in [6, 6.07) is 10.4. The van der Waals surface area contributed by atoms with Gasteiger partial charge in [0.1, 0.15) is 5.82 Å². The van der Waals surface area contributed by atoms with Crippen LogP contribution >= 0.6 is 0 Å². The summed E-state index contributed by atoms with van der Waals surface area (Å²) in [4.78, 5) is 11.6. The van der Waals surface area contributed by atoms with Crippen molar-refractivity contribution in [1.29, 1.82) is 0 Å². The molecule has 7 heteroatoms. The first kappa shape index (κ1) is 16.3. The Kier molecular flexibility index (Phi) is 5.51. The lowest BCUT2D eigenvalue weighted by atomic mass is 10.2. The van der Waals surface area contributed by atoms with E-state index in [1.165, 1.54) is 43.7 Å². The first-order valence-corrected chi connectivity index (χ1v) is 6.77. The number of hydrazone groups is 1. The van der Waals surface area contributed by atoms with Crippen molar-refractivity contribution in [3.63, 3.8) is 0 Å². The third kappa shape index (κ3) is 4.99. The van der Waals surface area contributed by atoms with E-state index in [2.05, 4.69) is 15.8 Å². The van der Waals surface area contributed by atoms with Crippen LogP contribution in [0.1, 0.15) is 5.56 Å². The van der Waals surface area contributed by atoms with Gasteiger partial charge in [0.25, 0.3) is 5.91 Å². The molecule has 2 rings (SSSR count). The summed E-state index contributed by atoms with van der Waals surface area (Å²) in [5.41, 5.74) is 3.65. The highest BCUT2D eigenvalue weighted by Gasteiger charge is 2.02. The molecule has 0 aliphatic heterocycles. The summed E-state index contributed by atoms with van der Waals surface area (Å²) >= 11 is 0. The monoisotopic (exact) mass is 317 g/mol. The van der Waals surface area contributed by atoms with E-state index in [9.17, 15) is 14.3 Å². The second-order valence-corrected chi connectivity index (χ2v) is 4.58. The fourth-order valence-electron chi connectivity index (χ4n) is 1.74. The van der Waals surface area contributed by atoms with Gasteiger partial charge in [0.05, 0.1) is 19.9 Å². The van der Waals surface area contributed by atoms with Crippen LogP contribution in [-0.4, -0.2) is 30.9 Å². The SMILES string of the molecule is COc1cc(C=NNC(=O)CNc2ccc(F)cc2)ccc1O. The zero-order valence-corrected chi connectivity index (χ0v) is 12.4. The van der Waals surface area contributed by atoms with Gasteiger partial charge in [-0.3, -0.25) is 4.79 Å². The van der Waals surface area contributed by atoms with Gasteiger partial charge < -0.3 is 15.2 Å². The first-order chi connectivity index (χ1) is 11.1. The third-order valence-electron chi connectivity index (χ3n) is 2.90. The molecule has 0 heterocycles. The maximum atomic E-state index is 12.7. The number of nitrogens with one attached hydrogen (secondary N) is 2. The van der Waals surface area contributed by atoms with Crippen LogP contribution in [0.4, 0.5) is 10.1 Å². The molecule has 0 fully saturated rings. The number of ether oxygens (including phenoxy) is 1. The summed E-state index contributed by atoms with van der Waals surface area (Å²) in [6.45, 7) is 0.00186. The topological polar surface area (TPSA) is 83.0 Å². The van der Waals surface area contributed by atoms with Gasteiger partial charge in [-0.15, -0.1) is 0 Å². The second kappa shape index (κ2) is 7.79. The van der Waals surface area contributed by atoms with Gasteiger partial charge in [0.2, 0.25) is 0 Å². The number of rotatable bonds is 6. The fourth-order valence-corrected chi connectivity index (χ4v) is 1.74. The molecule has 0 radical (unpaired) electrons. The molecule has 0 spiro atoms. The number of carbonyl (C=O) groups is 1. The highest BCUT2D eigenvalue weighted by molar-refractivity contribution is 5.84. The molecule has 0 saturated carbocycles. The summed E-state index contributed by atoms with van der Waals surface area (Å²) in [5.74, 6) is -0.347. The standard InChI is InChI=1S/C16H16FN3O3/c1-23-15-8-11(2-7-14(15)21)9-19-20-16(22)10-18-13-5-3-12(17)4-6-13/h2-9,18,21H,10H2,1H3,(H,20,22). The van der Waals surface area contributed by atoms with Crippen molar-refractivity contribution in [1.82, 2.24) is 5.43 Å². The number of phenolic OH excluding ortho intramolecular Hbond substituents is 1. The highest BCUT2D eigenvalue weighted by atomic mass is 19.1. The zero-order valence-electron chi connectivity index (χ0n) is 12.4. The lowest BCUT2D eigenvalue weighted by Gasteiger charge is -2.05. The van der Waals surface area contributed by atoms with Crippen molar-refractivity contribution in [3.05, 3.63) is 53.8 Å². The molecule has 0 atom stereocenters. The molecule has 0 unspecified atom stereocenters. The van der Waals surface area contributed by atoms with Gasteiger partial charge in [0, 0.05) is 5.69 Å². The minimum absolute atomic E-state index is 0.00186. The molecular weight excluding hydrogens is 301 g/mol. The molecule has 0 aliphatic carbocycles. The Morgan fingerprint density at radius 1 is 1.30 bits per heavy atom. The van der Waals surface area contributed by atoms with Crippen LogP contribution in [0.15, 0.2) is 47.6 Å². The van der Waals surface area contributed by atoms with Gasteiger partial charge in [-0.05, 0) is 48.0 Å². The van der Waals surface area contributed by atoms with E-state index in [4.69, 9.17) is 4.74 Å². The maximum Gasteiger partial charge on any atom is 0.259 e. The number of hydrogen-bond acceptors (Lipinski definition) is 5. The Morgan fingerprint density at radius 3 is 2.74 bits per heavy atom. The zero-order chi connectivity index (χ0) is 16.7. The molecule has 2 aromatic rings. The van der Waals surface area contributed by atoms with Gasteiger partial charge in [-0.25, -0.2) is 9.82 Å². The number of benzene rings is 2. The number of halogens is 1. The van der Waals surface area contributed by atoms with Crippen LogP contribution in [0.5, 0.6) is 11.5 Å². The molecule has 0 aliphatic rings. The third-order valence-corrected chi connectivity index (χ3v) is 2.90.